The summed E-state index contributed by atoms with van der Waals surface area (Å²) in [6.45, 7) is 0.190. The first-order chi connectivity index (χ1) is 11.0. The van der Waals surface area contributed by atoms with Gasteiger partial charge >= 0.3 is 5.97 Å². The molecule has 0 spiro atoms. The Morgan fingerprint density at radius 1 is 1.17 bits per heavy atom. The molecular formula is C16H16N2O5. The van der Waals surface area contributed by atoms with E-state index in [1.165, 1.54) is 26.5 Å². The first-order valence-corrected chi connectivity index (χ1v) is 6.73. The van der Waals surface area contributed by atoms with Gasteiger partial charge in [-0.1, -0.05) is 6.07 Å². The Morgan fingerprint density at radius 2 is 1.96 bits per heavy atom. The van der Waals surface area contributed by atoms with E-state index in [1.807, 2.05) is 0 Å². The molecular weight excluding hydrogens is 300 g/mol. The highest BCUT2D eigenvalue weighted by Crippen LogP contribution is 2.19. The highest BCUT2D eigenvalue weighted by atomic mass is 16.5. The largest absolute Gasteiger partial charge is 0.496 e. The van der Waals surface area contributed by atoms with Crippen LogP contribution in [0.2, 0.25) is 0 Å². The van der Waals surface area contributed by atoms with Gasteiger partial charge in [0.2, 0.25) is 5.88 Å². The van der Waals surface area contributed by atoms with Crippen molar-refractivity contribution in [3.63, 3.8) is 0 Å². The summed E-state index contributed by atoms with van der Waals surface area (Å²) in [6.07, 6.45) is 1.41. The van der Waals surface area contributed by atoms with Gasteiger partial charge in [-0.15, -0.1) is 0 Å². The summed E-state index contributed by atoms with van der Waals surface area (Å²) in [5.41, 5.74) is 1.08. The van der Waals surface area contributed by atoms with Gasteiger partial charge in [0.05, 0.1) is 19.8 Å². The van der Waals surface area contributed by atoms with E-state index in [0.717, 1.165) is 0 Å². The zero-order valence-electron chi connectivity index (χ0n) is 12.7. The van der Waals surface area contributed by atoms with Crippen molar-refractivity contribution in [1.82, 2.24) is 10.3 Å². The smallest absolute Gasteiger partial charge is 0.339 e. The Balaban J connectivity index is 2.06. The maximum atomic E-state index is 12.0. The Morgan fingerprint density at radius 3 is 2.52 bits per heavy atom. The van der Waals surface area contributed by atoms with Crippen molar-refractivity contribution in [3.05, 3.63) is 53.2 Å². The van der Waals surface area contributed by atoms with Crippen LogP contribution in [0.3, 0.4) is 0 Å². The third-order valence-electron chi connectivity index (χ3n) is 3.16. The first-order valence-electron chi connectivity index (χ1n) is 6.73. The second-order valence-electron chi connectivity index (χ2n) is 4.61. The summed E-state index contributed by atoms with van der Waals surface area (Å²) < 4.78 is 9.92. The first kappa shape index (κ1) is 16.3. The summed E-state index contributed by atoms with van der Waals surface area (Å²) in [4.78, 5) is 27.1. The number of nitrogens with zero attached hydrogens (tertiary/aromatic N) is 1. The summed E-state index contributed by atoms with van der Waals surface area (Å²) in [7, 11) is 2.89. The molecule has 1 heterocycles. The van der Waals surface area contributed by atoms with E-state index in [1.54, 1.807) is 24.3 Å². The van der Waals surface area contributed by atoms with Crippen molar-refractivity contribution < 1.29 is 24.2 Å². The molecule has 2 aromatic rings. The van der Waals surface area contributed by atoms with Crippen LogP contribution in [0.5, 0.6) is 11.6 Å². The Bertz CT molecular complexity index is 713. The third kappa shape index (κ3) is 3.97. The molecule has 0 atom stereocenters. The SMILES string of the molecule is COc1ccc(C(=O)NCc2ccc(OC)c(C(=O)O)c2)cn1. The molecule has 0 radical (unpaired) electrons. The number of carbonyl (C=O) groups is 2. The third-order valence-corrected chi connectivity index (χ3v) is 3.16. The lowest BCUT2D eigenvalue weighted by Crippen LogP contribution is -2.23. The number of pyridine rings is 1. The maximum absolute atomic E-state index is 12.0. The molecule has 0 fully saturated rings. The predicted octanol–water partition coefficient (Wildman–Crippen LogP) is 1.73. The second kappa shape index (κ2) is 7.26. The lowest BCUT2D eigenvalue weighted by Gasteiger charge is -2.09. The van der Waals surface area contributed by atoms with E-state index in [9.17, 15) is 9.59 Å². The topological polar surface area (TPSA) is 97.8 Å². The number of amides is 1. The summed E-state index contributed by atoms with van der Waals surface area (Å²) in [6, 6.07) is 7.90. The lowest BCUT2D eigenvalue weighted by molar-refractivity contribution is 0.0693. The van der Waals surface area contributed by atoms with E-state index < -0.39 is 5.97 Å². The number of carboxylic acid groups (broad SMARTS) is 1. The van der Waals surface area contributed by atoms with Crippen molar-refractivity contribution >= 4 is 11.9 Å². The van der Waals surface area contributed by atoms with Crippen LogP contribution in [0.15, 0.2) is 36.5 Å². The van der Waals surface area contributed by atoms with Crippen molar-refractivity contribution in [2.45, 2.75) is 6.54 Å². The van der Waals surface area contributed by atoms with Gasteiger partial charge in [-0.05, 0) is 23.8 Å². The Labute approximate surface area is 132 Å². The molecule has 0 saturated heterocycles. The molecule has 0 aliphatic rings. The molecule has 7 heteroatoms. The average molecular weight is 316 g/mol. The van der Waals surface area contributed by atoms with Crippen LogP contribution in [0.25, 0.3) is 0 Å². The van der Waals surface area contributed by atoms with Crippen LogP contribution in [-0.2, 0) is 6.54 Å². The molecule has 0 aliphatic carbocycles. The molecule has 0 aliphatic heterocycles. The summed E-state index contributed by atoms with van der Waals surface area (Å²) >= 11 is 0. The molecule has 1 aromatic heterocycles. The molecule has 1 aromatic carbocycles. The summed E-state index contributed by atoms with van der Waals surface area (Å²) in [5.74, 6) is -0.711. The van der Waals surface area contributed by atoms with Crippen LogP contribution < -0.4 is 14.8 Å². The molecule has 2 rings (SSSR count). The molecule has 0 bridgehead atoms. The highest BCUT2D eigenvalue weighted by Gasteiger charge is 2.12. The molecule has 7 nitrogen and oxygen atoms in total. The monoisotopic (exact) mass is 316 g/mol. The van der Waals surface area contributed by atoms with Gasteiger partial charge in [0.1, 0.15) is 11.3 Å². The van der Waals surface area contributed by atoms with Crippen molar-refractivity contribution in [1.29, 1.82) is 0 Å². The fourth-order valence-corrected chi connectivity index (χ4v) is 1.95. The number of nitrogens with one attached hydrogen (secondary N) is 1. The zero-order chi connectivity index (χ0) is 16.8. The molecule has 1 amide bonds. The minimum absolute atomic E-state index is 0.0466. The van der Waals surface area contributed by atoms with E-state index in [2.05, 4.69) is 10.3 Å². The number of rotatable bonds is 6. The van der Waals surface area contributed by atoms with Crippen LogP contribution in [0.4, 0.5) is 0 Å². The van der Waals surface area contributed by atoms with Gasteiger partial charge in [-0.25, -0.2) is 9.78 Å². The number of carbonyl (C=O) groups excluding carboxylic acids is 1. The number of aromatic carboxylic acids is 1. The Kier molecular flexibility index (Phi) is 5.14. The average Bonchev–Trinajstić information content (AvgIpc) is 2.59. The number of carboxylic acids is 1. The molecule has 0 saturated carbocycles. The normalized spacial score (nSPS) is 10.0. The number of ether oxygens (including phenoxy) is 2. The fourth-order valence-electron chi connectivity index (χ4n) is 1.95. The number of aromatic nitrogens is 1. The standard InChI is InChI=1S/C16H16N2O5/c1-22-13-5-3-10(7-12(13)16(20)21)8-18-15(19)11-4-6-14(23-2)17-9-11/h3-7,9H,8H2,1-2H3,(H,18,19)(H,20,21). The molecule has 0 unspecified atom stereocenters. The highest BCUT2D eigenvalue weighted by molar-refractivity contribution is 5.94. The lowest BCUT2D eigenvalue weighted by atomic mass is 10.1. The zero-order valence-corrected chi connectivity index (χ0v) is 12.7. The van der Waals surface area contributed by atoms with Crippen molar-refractivity contribution in [2.75, 3.05) is 14.2 Å². The fraction of sp³-hybridized carbons (Fsp3) is 0.188. The number of methoxy groups -OCH3 is 2. The predicted molar refractivity (Wildman–Crippen MR) is 81.9 cm³/mol. The van der Waals surface area contributed by atoms with Crippen molar-refractivity contribution in [2.24, 2.45) is 0 Å². The van der Waals surface area contributed by atoms with E-state index in [0.29, 0.717) is 17.0 Å². The van der Waals surface area contributed by atoms with E-state index in [4.69, 9.17) is 14.6 Å². The number of benzene rings is 1. The van der Waals surface area contributed by atoms with Crippen LogP contribution in [0.1, 0.15) is 26.3 Å². The number of hydrogen-bond acceptors (Lipinski definition) is 5. The molecule has 23 heavy (non-hydrogen) atoms. The van der Waals surface area contributed by atoms with E-state index in [-0.39, 0.29) is 23.8 Å². The van der Waals surface area contributed by atoms with Gasteiger partial charge in [0.15, 0.2) is 0 Å². The number of hydrogen-bond donors (Lipinski definition) is 2. The summed E-state index contributed by atoms with van der Waals surface area (Å²) in [5, 5.41) is 11.8. The van der Waals surface area contributed by atoms with Gasteiger partial charge in [-0.3, -0.25) is 4.79 Å². The van der Waals surface area contributed by atoms with Gasteiger partial charge in [0.25, 0.3) is 5.91 Å². The van der Waals surface area contributed by atoms with Gasteiger partial charge < -0.3 is 19.9 Å². The second-order valence-corrected chi connectivity index (χ2v) is 4.61. The van der Waals surface area contributed by atoms with Crippen LogP contribution in [-0.4, -0.2) is 36.2 Å². The molecule has 2 N–H and O–H groups in total. The van der Waals surface area contributed by atoms with Crippen molar-refractivity contribution in [3.8, 4) is 11.6 Å². The quantitative estimate of drug-likeness (QED) is 0.842. The van der Waals surface area contributed by atoms with Gasteiger partial charge in [-0.2, -0.15) is 0 Å². The van der Waals surface area contributed by atoms with Crippen LogP contribution in [0, 0.1) is 0 Å². The van der Waals surface area contributed by atoms with E-state index >= 15 is 0 Å². The van der Waals surface area contributed by atoms with Crippen LogP contribution >= 0.6 is 0 Å². The van der Waals surface area contributed by atoms with Gasteiger partial charge in [0, 0.05) is 18.8 Å². The Hall–Kier alpha value is -3.09. The molecule has 120 valence electrons. The minimum Gasteiger partial charge on any atom is -0.496 e. The maximum Gasteiger partial charge on any atom is 0.339 e. The minimum atomic E-state index is -1.09.